The molecule has 1 atom stereocenters. The summed E-state index contributed by atoms with van der Waals surface area (Å²) in [6, 6.07) is 8.66. The van der Waals surface area contributed by atoms with E-state index in [-0.39, 0.29) is 11.2 Å². The lowest BCUT2D eigenvalue weighted by Gasteiger charge is -2.33. The molecule has 9 heteroatoms. The Bertz CT molecular complexity index is 1300. The van der Waals surface area contributed by atoms with Crippen LogP contribution < -0.4 is 16.1 Å². The Morgan fingerprint density at radius 2 is 1.80 bits per heavy atom. The van der Waals surface area contributed by atoms with Crippen LogP contribution in [-0.2, 0) is 31.3 Å². The molecule has 1 saturated heterocycles. The Morgan fingerprint density at radius 3 is 2.51 bits per heavy atom. The van der Waals surface area contributed by atoms with Crippen molar-refractivity contribution < 1.29 is 4.74 Å². The SMILES string of the molecule is CCCCc1ccc(N2C[C@H](C)Cn3c2nc2c3c(=O)n(CCN3CCOCC3)c(=O)n2C)cc1. The standard InChI is InChI=1S/C26H36N6O3/c1-4-5-6-20-7-9-21(10-8-20)31-17-19(2)18-32-22-23(27-25(31)32)28(3)26(34)30(24(22)33)12-11-29-13-15-35-16-14-29/h7-10,19H,4-6,11-18H2,1-3H3/t19-/m0/s1. The molecule has 0 aliphatic carbocycles. The lowest BCUT2D eigenvalue weighted by atomic mass is 10.1. The first-order valence-electron chi connectivity index (χ1n) is 12.8. The van der Waals surface area contributed by atoms with E-state index in [0.29, 0.717) is 49.9 Å². The van der Waals surface area contributed by atoms with Crippen LogP contribution in [0.2, 0.25) is 0 Å². The maximum atomic E-state index is 13.6. The monoisotopic (exact) mass is 480 g/mol. The number of benzene rings is 1. The molecule has 2 aliphatic heterocycles. The van der Waals surface area contributed by atoms with Gasteiger partial charge in [0.2, 0.25) is 5.95 Å². The van der Waals surface area contributed by atoms with Crippen LogP contribution in [0.3, 0.4) is 0 Å². The molecule has 4 heterocycles. The van der Waals surface area contributed by atoms with E-state index in [4.69, 9.17) is 9.72 Å². The van der Waals surface area contributed by atoms with E-state index in [1.54, 1.807) is 7.05 Å². The van der Waals surface area contributed by atoms with Crippen LogP contribution in [0.1, 0.15) is 32.3 Å². The molecule has 2 aromatic heterocycles. The molecule has 0 unspecified atom stereocenters. The minimum Gasteiger partial charge on any atom is -0.379 e. The zero-order valence-electron chi connectivity index (χ0n) is 21.1. The molecule has 0 bridgehead atoms. The lowest BCUT2D eigenvalue weighted by Crippen LogP contribution is -2.44. The molecule has 0 amide bonds. The number of fused-ring (bicyclic) bond motifs is 3. The van der Waals surface area contributed by atoms with Crippen molar-refractivity contribution in [1.29, 1.82) is 0 Å². The number of aryl methyl sites for hydroxylation is 2. The summed E-state index contributed by atoms with van der Waals surface area (Å²) < 4.78 is 10.3. The molecule has 0 N–H and O–H groups in total. The van der Waals surface area contributed by atoms with Gasteiger partial charge in [-0.3, -0.25) is 18.8 Å². The number of unbranched alkanes of at least 4 members (excludes halogenated alkanes) is 1. The van der Waals surface area contributed by atoms with Crippen LogP contribution in [0.4, 0.5) is 11.6 Å². The molecular weight excluding hydrogens is 444 g/mol. The van der Waals surface area contributed by atoms with Gasteiger partial charge in [0.1, 0.15) is 0 Å². The highest BCUT2D eigenvalue weighted by molar-refractivity contribution is 5.77. The second kappa shape index (κ2) is 9.99. The van der Waals surface area contributed by atoms with Crippen LogP contribution in [-0.4, -0.2) is 63.0 Å². The Morgan fingerprint density at radius 1 is 1.06 bits per heavy atom. The highest BCUT2D eigenvalue weighted by atomic mass is 16.5. The van der Waals surface area contributed by atoms with Crippen molar-refractivity contribution in [2.24, 2.45) is 13.0 Å². The van der Waals surface area contributed by atoms with Gasteiger partial charge in [0.15, 0.2) is 11.2 Å². The van der Waals surface area contributed by atoms with Gasteiger partial charge in [0, 0.05) is 52.0 Å². The van der Waals surface area contributed by atoms with Gasteiger partial charge in [-0.25, -0.2) is 4.79 Å². The van der Waals surface area contributed by atoms with Gasteiger partial charge in [-0.15, -0.1) is 0 Å². The van der Waals surface area contributed by atoms with E-state index >= 15 is 0 Å². The first-order chi connectivity index (χ1) is 17.0. The smallest absolute Gasteiger partial charge is 0.332 e. The Labute approximate surface area is 205 Å². The lowest BCUT2D eigenvalue weighted by molar-refractivity contribution is 0.0361. The first kappa shape index (κ1) is 23.8. The quantitative estimate of drug-likeness (QED) is 0.517. The van der Waals surface area contributed by atoms with E-state index in [9.17, 15) is 9.59 Å². The Balaban J connectivity index is 1.53. The molecule has 0 saturated carbocycles. The third-order valence-electron chi connectivity index (χ3n) is 7.25. The molecule has 0 radical (unpaired) electrons. The van der Waals surface area contributed by atoms with Gasteiger partial charge in [-0.05, 0) is 36.5 Å². The normalized spacial score (nSPS) is 18.8. The van der Waals surface area contributed by atoms with Crippen LogP contribution in [0.5, 0.6) is 0 Å². The zero-order chi connectivity index (χ0) is 24.5. The van der Waals surface area contributed by atoms with Gasteiger partial charge in [0.25, 0.3) is 5.56 Å². The van der Waals surface area contributed by atoms with Gasteiger partial charge in [-0.2, -0.15) is 4.98 Å². The topological polar surface area (TPSA) is 77.5 Å². The van der Waals surface area contributed by atoms with Crippen molar-refractivity contribution in [3.05, 3.63) is 50.7 Å². The molecule has 9 nitrogen and oxygen atoms in total. The van der Waals surface area contributed by atoms with Crippen molar-refractivity contribution in [1.82, 2.24) is 23.6 Å². The van der Waals surface area contributed by atoms with Gasteiger partial charge < -0.3 is 14.2 Å². The number of nitrogens with zero attached hydrogens (tertiary/aromatic N) is 6. The maximum absolute atomic E-state index is 13.6. The highest BCUT2D eigenvalue weighted by Crippen LogP contribution is 2.33. The molecule has 1 fully saturated rings. The fourth-order valence-electron chi connectivity index (χ4n) is 5.21. The summed E-state index contributed by atoms with van der Waals surface area (Å²) in [6.07, 6.45) is 3.44. The first-order valence-corrected chi connectivity index (χ1v) is 12.8. The maximum Gasteiger partial charge on any atom is 0.332 e. The number of morpholine rings is 1. The Kier molecular flexibility index (Phi) is 6.80. The van der Waals surface area contributed by atoms with Gasteiger partial charge in [-0.1, -0.05) is 32.4 Å². The second-order valence-electron chi connectivity index (χ2n) is 9.93. The van der Waals surface area contributed by atoms with E-state index in [1.165, 1.54) is 27.5 Å². The largest absolute Gasteiger partial charge is 0.379 e. The fourth-order valence-corrected chi connectivity index (χ4v) is 5.21. The third-order valence-corrected chi connectivity index (χ3v) is 7.25. The van der Waals surface area contributed by atoms with E-state index in [0.717, 1.165) is 37.7 Å². The number of anilines is 2. The third kappa shape index (κ3) is 4.54. The average Bonchev–Trinajstić information content (AvgIpc) is 3.26. The number of imidazole rings is 1. The molecule has 188 valence electrons. The van der Waals surface area contributed by atoms with Gasteiger partial charge in [0.05, 0.1) is 13.2 Å². The summed E-state index contributed by atoms with van der Waals surface area (Å²) in [5.41, 5.74) is 2.80. The molecule has 35 heavy (non-hydrogen) atoms. The van der Waals surface area contributed by atoms with E-state index < -0.39 is 0 Å². The van der Waals surface area contributed by atoms with Crippen molar-refractivity contribution in [3.8, 4) is 0 Å². The molecular formula is C26H36N6O3. The Hall–Kier alpha value is -2.91. The average molecular weight is 481 g/mol. The fraction of sp³-hybridized carbons (Fsp3) is 0.577. The van der Waals surface area contributed by atoms with Crippen LogP contribution >= 0.6 is 0 Å². The second-order valence-corrected chi connectivity index (χ2v) is 9.93. The summed E-state index contributed by atoms with van der Waals surface area (Å²) >= 11 is 0. The van der Waals surface area contributed by atoms with Gasteiger partial charge >= 0.3 is 5.69 Å². The van der Waals surface area contributed by atoms with Crippen LogP contribution in [0.15, 0.2) is 33.9 Å². The van der Waals surface area contributed by atoms with Crippen molar-refractivity contribution in [2.75, 3.05) is 44.3 Å². The van der Waals surface area contributed by atoms with Crippen molar-refractivity contribution in [3.63, 3.8) is 0 Å². The summed E-state index contributed by atoms with van der Waals surface area (Å²) in [4.78, 5) is 36.0. The number of aromatic nitrogens is 4. The highest BCUT2D eigenvalue weighted by Gasteiger charge is 2.30. The number of hydrogen-bond donors (Lipinski definition) is 0. The summed E-state index contributed by atoms with van der Waals surface area (Å²) in [6.45, 7) is 9.95. The van der Waals surface area contributed by atoms with Crippen molar-refractivity contribution >= 4 is 22.8 Å². The number of ether oxygens (including phenoxy) is 1. The predicted octanol–water partition coefficient (Wildman–Crippen LogP) is 2.36. The summed E-state index contributed by atoms with van der Waals surface area (Å²) in [7, 11) is 1.71. The minimum atomic E-state index is -0.314. The zero-order valence-corrected chi connectivity index (χ0v) is 21.1. The van der Waals surface area contributed by atoms with E-state index in [2.05, 4.69) is 47.9 Å². The van der Waals surface area contributed by atoms with Crippen LogP contribution in [0, 0.1) is 5.92 Å². The summed E-state index contributed by atoms with van der Waals surface area (Å²) in [5, 5.41) is 0. The van der Waals surface area contributed by atoms with E-state index in [1.807, 2.05) is 4.57 Å². The molecule has 5 rings (SSSR count). The molecule has 2 aliphatic rings. The van der Waals surface area contributed by atoms with Crippen molar-refractivity contribution in [2.45, 2.75) is 46.2 Å². The predicted molar refractivity (Wildman–Crippen MR) is 138 cm³/mol. The summed E-state index contributed by atoms with van der Waals surface area (Å²) in [5.74, 6) is 1.07. The number of hydrogen-bond acceptors (Lipinski definition) is 6. The number of rotatable bonds is 7. The minimum absolute atomic E-state index is 0.251. The molecule has 3 aromatic rings. The molecule has 1 aromatic carbocycles. The molecule has 0 spiro atoms. The van der Waals surface area contributed by atoms with Crippen LogP contribution in [0.25, 0.3) is 11.2 Å².